The number of rotatable bonds is 6. The van der Waals surface area contributed by atoms with Crippen LogP contribution < -0.4 is 0 Å². The molecule has 0 aliphatic rings. The molecule has 13 heavy (non-hydrogen) atoms. The predicted octanol–water partition coefficient (Wildman–Crippen LogP) is 1.84. The smallest absolute Gasteiger partial charge is 0.319 e. The first-order valence-corrected chi connectivity index (χ1v) is 6.81. The van der Waals surface area contributed by atoms with Gasteiger partial charge in [0.25, 0.3) is 0 Å². The van der Waals surface area contributed by atoms with Crippen LogP contribution in [0.1, 0.15) is 19.8 Å². The van der Waals surface area contributed by atoms with E-state index in [0.29, 0.717) is 13.2 Å². The van der Waals surface area contributed by atoms with E-state index >= 15 is 0 Å². The Labute approximate surface area is 87.1 Å². The lowest BCUT2D eigenvalue weighted by Gasteiger charge is -2.00. The Balaban J connectivity index is 3.45. The summed E-state index contributed by atoms with van der Waals surface area (Å²) in [7, 11) is 0. The molecule has 0 saturated carbocycles. The van der Waals surface area contributed by atoms with Gasteiger partial charge in [0, 0.05) is 0 Å². The molecule has 0 spiro atoms. The zero-order valence-corrected chi connectivity index (χ0v) is 9.55. The van der Waals surface area contributed by atoms with Crippen LogP contribution in [0.25, 0.3) is 0 Å². The first-order chi connectivity index (χ1) is 6.20. The fourth-order valence-corrected chi connectivity index (χ4v) is 1.35. The van der Waals surface area contributed by atoms with Crippen molar-refractivity contribution in [3.8, 4) is 0 Å². The SMILES string of the molecule is CCOC(=O)CCC(=O)OSP=S. The van der Waals surface area contributed by atoms with Crippen molar-refractivity contribution in [2.45, 2.75) is 19.8 Å². The van der Waals surface area contributed by atoms with Crippen molar-refractivity contribution in [3.05, 3.63) is 0 Å². The normalized spacial score (nSPS) is 9.62. The Morgan fingerprint density at radius 1 is 1.38 bits per heavy atom. The molecule has 0 aliphatic heterocycles. The van der Waals surface area contributed by atoms with Crippen LogP contribution >= 0.6 is 18.2 Å². The first kappa shape index (κ1) is 12.8. The van der Waals surface area contributed by atoms with Gasteiger partial charge in [0.05, 0.1) is 26.0 Å². The lowest BCUT2D eigenvalue weighted by Crippen LogP contribution is -2.07. The summed E-state index contributed by atoms with van der Waals surface area (Å²) in [6.07, 6.45) is 0.0955. The third-order valence-electron chi connectivity index (χ3n) is 0.999. The third-order valence-corrected chi connectivity index (χ3v) is 2.27. The van der Waals surface area contributed by atoms with Crippen molar-refractivity contribution in [2.24, 2.45) is 0 Å². The van der Waals surface area contributed by atoms with Gasteiger partial charge in [-0.2, -0.15) is 0 Å². The minimum atomic E-state index is -0.449. The van der Waals surface area contributed by atoms with Crippen LogP contribution in [-0.4, -0.2) is 18.5 Å². The van der Waals surface area contributed by atoms with E-state index in [1.54, 1.807) is 6.92 Å². The monoisotopic (exact) mass is 240 g/mol. The molecule has 0 fully saturated rings. The number of carbonyl (C=O) groups excluding carboxylic acids is 2. The van der Waals surface area contributed by atoms with Gasteiger partial charge in [-0.05, 0) is 18.7 Å². The quantitative estimate of drug-likeness (QED) is 0.401. The lowest BCUT2D eigenvalue weighted by atomic mass is 10.3. The van der Waals surface area contributed by atoms with E-state index in [4.69, 9.17) is 0 Å². The fraction of sp³-hybridized carbons (Fsp3) is 0.667. The number of ether oxygens (including phenoxy) is 1. The highest BCUT2D eigenvalue weighted by molar-refractivity contribution is 8.56. The van der Waals surface area contributed by atoms with E-state index in [1.165, 1.54) is 0 Å². The van der Waals surface area contributed by atoms with Gasteiger partial charge >= 0.3 is 11.9 Å². The Morgan fingerprint density at radius 2 is 2.00 bits per heavy atom. The zero-order chi connectivity index (χ0) is 10.1. The Kier molecular flexibility index (Phi) is 8.29. The summed E-state index contributed by atoms with van der Waals surface area (Å²) in [5.41, 5.74) is 0. The average Bonchev–Trinajstić information content (AvgIpc) is 2.12. The molecule has 7 heteroatoms. The topological polar surface area (TPSA) is 52.6 Å². The molecule has 0 rings (SSSR count). The summed E-state index contributed by atoms with van der Waals surface area (Å²) < 4.78 is 9.19. The van der Waals surface area contributed by atoms with Gasteiger partial charge in [-0.25, -0.2) is 0 Å². The molecule has 0 saturated heterocycles. The maximum absolute atomic E-state index is 10.8. The molecule has 0 bridgehead atoms. The van der Waals surface area contributed by atoms with Crippen molar-refractivity contribution in [3.63, 3.8) is 0 Å². The van der Waals surface area contributed by atoms with E-state index in [2.05, 4.69) is 20.7 Å². The zero-order valence-electron chi connectivity index (χ0n) is 7.02. The van der Waals surface area contributed by atoms with E-state index in [0.717, 1.165) is 11.7 Å². The average molecular weight is 240 g/mol. The van der Waals surface area contributed by atoms with Crippen LogP contribution in [-0.2, 0) is 30.3 Å². The molecule has 0 aromatic rings. The second kappa shape index (κ2) is 8.41. The Bertz CT molecular complexity index is 197. The minimum absolute atomic E-state index is 0.0384. The van der Waals surface area contributed by atoms with E-state index in [-0.39, 0.29) is 18.8 Å². The molecule has 0 aromatic carbocycles. The van der Waals surface area contributed by atoms with Gasteiger partial charge in [0.15, 0.2) is 0 Å². The summed E-state index contributed by atoms with van der Waals surface area (Å²) in [5.74, 6) is -0.837. The molecular formula is C6H9O4PS2. The van der Waals surface area contributed by atoms with Crippen molar-refractivity contribution in [2.75, 3.05) is 6.61 Å². The molecule has 74 valence electrons. The largest absolute Gasteiger partial charge is 0.466 e. The third kappa shape index (κ3) is 8.15. The van der Waals surface area contributed by atoms with Crippen molar-refractivity contribution >= 4 is 42.0 Å². The van der Waals surface area contributed by atoms with Gasteiger partial charge in [0.2, 0.25) is 0 Å². The first-order valence-electron chi connectivity index (χ1n) is 3.55. The van der Waals surface area contributed by atoms with E-state index in [9.17, 15) is 9.59 Å². The molecule has 0 N–H and O–H groups in total. The molecule has 0 aromatic heterocycles. The van der Waals surface area contributed by atoms with Gasteiger partial charge in [0.1, 0.15) is 11.7 Å². The molecule has 4 nitrogen and oxygen atoms in total. The van der Waals surface area contributed by atoms with E-state index < -0.39 is 5.97 Å². The fourth-order valence-electron chi connectivity index (χ4n) is 0.536. The molecule has 0 amide bonds. The van der Waals surface area contributed by atoms with Crippen LogP contribution in [0, 0.1) is 0 Å². The van der Waals surface area contributed by atoms with Crippen molar-refractivity contribution in [1.29, 1.82) is 0 Å². The summed E-state index contributed by atoms with van der Waals surface area (Å²) in [6.45, 7) is 2.54. The Hall–Kier alpha value is -0.190. The summed E-state index contributed by atoms with van der Waals surface area (Å²) in [4.78, 5) is 21.6. The second-order valence-electron chi connectivity index (χ2n) is 1.91. The van der Waals surface area contributed by atoms with Crippen LogP contribution in [0.15, 0.2) is 0 Å². The molecule has 0 radical (unpaired) electrons. The lowest BCUT2D eigenvalue weighted by molar-refractivity contribution is -0.146. The van der Waals surface area contributed by atoms with Crippen LogP contribution in [0.3, 0.4) is 0 Å². The van der Waals surface area contributed by atoms with Gasteiger partial charge in [-0.15, -0.1) is 0 Å². The number of hydrogen-bond donors (Lipinski definition) is 0. The van der Waals surface area contributed by atoms with Gasteiger partial charge < -0.3 is 8.92 Å². The van der Waals surface area contributed by atoms with Crippen LogP contribution in [0.5, 0.6) is 0 Å². The molecule has 0 unspecified atom stereocenters. The maximum Gasteiger partial charge on any atom is 0.319 e. The summed E-state index contributed by atoms with van der Waals surface area (Å²) in [6, 6.07) is 0. The minimum Gasteiger partial charge on any atom is -0.466 e. The maximum atomic E-state index is 10.8. The summed E-state index contributed by atoms with van der Waals surface area (Å²) >= 11 is 5.38. The van der Waals surface area contributed by atoms with Crippen molar-refractivity contribution in [1.82, 2.24) is 0 Å². The number of hydrogen-bond acceptors (Lipinski definition) is 6. The van der Waals surface area contributed by atoms with Gasteiger partial charge in [-0.3, -0.25) is 9.59 Å². The molecule has 0 atom stereocenters. The van der Waals surface area contributed by atoms with Crippen LogP contribution in [0.4, 0.5) is 0 Å². The highest BCUT2D eigenvalue weighted by atomic mass is 32.9. The standard InChI is InChI=1S/C6H9O4PS2/c1-2-9-5(7)3-4-6(8)10-13-11-12/h2-4H2,1H3. The number of esters is 1. The van der Waals surface area contributed by atoms with Crippen LogP contribution in [0.2, 0.25) is 0 Å². The molecule has 0 heterocycles. The summed E-state index contributed by atoms with van der Waals surface area (Å²) in [5, 5.41) is 0. The van der Waals surface area contributed by atoms with Gasteiger partial charge in [-0.1, -0.05) is 0 Å². The second-order valence-corrected chi connectivity index (χ2v) is 4.61. The highest BCUT2D eigenvalue weighted by Crippen LogP contribution is 2.19. The Morgan fingerprint density at radius 3 is 2.54 bits per heavy atom. The van der Waals surface area contributed by atoms with E-state index in [1.807, 2.05) is 0 Å². The van der Waals surface area contributed by atoms with Crippen molar-refractivity contribution < 1.29 is 18.5 Å². The molecule has 0 aliphatic carbocycles. The number of carbonyl (C=O) groups is 2. The highest BCUT2D eigenvalue weighted by Gasteiger charge is 2.08. The molecular weight excluding hydrogens is 231 g/mol. The predicted molar refractivity (Wildman–Crippen MR) is 53.8 cm³/mol.